The van der Waals surface area contributed by atoms with Gasteiger partial charge in [-0.1, -0.05) is 83.7 Å². The van der Waals surface area contributed by atoms with Crippen LogP contribution in [0.4, 0.5) is 0 Å². The summed E-state index contributed by atoms with van der Waals surface area (Å²) < 4.78 is 1.28. The van der Waals surface area contributed by atoms with Gasteiger partial charge in [-0.25, -0.2) is 0 Å². The Hall–Kier alpha value is -3.18. The molecule has 0 saturated carbocycles. The number of nitrogens with zero attached hydrogens (tertiary/aromatic N) is 2. The van der Waals surface area contributed by atoms with Crippen molar-refractivity contribution in [3.8, 4) is 21.8 Å². The molecular weight excluding hydrogens is 777 g/mol. The first-order chi connectivity index (χ1) is 22.1. The van der Waals surface area contributed by atoms with E-state index in [0.717, 1.165) is 60.9 Å². The maximum Gasteiger partial charge on any atom is 0.162 e. The number of aromatic nitrogens is 2. The van der Waals surface area contributed by atoms with Crippen molar-refractivity contribution in [2.24, 2.45) is 11.8 Å². The molecular formula is C41H47IrN2O2S-. The van der Waals surface area contributed by atoms with Crippen LogP contribution in [0.2, 0.25) is 0 Å². The molecule has 4 nitrogen and oxygen atoms in total. The SMILES string of the molecule is CC(C)(C)c1cc(-c2nccc3sc4c(c23)CCc2cccnc2-4)[c-]c2ccccc12.CCC(CC)C(=O)/C=C(\O)C(CC)CC.[Ir]. The minimum absolute atomic E-state index is 0. The van der Waals surface area contributed by atoms with Crippen LogP contribution in [0.15, 0.2) is 72.8 Å². The Morgan fingerprint density at radius 3 is 2.28 bits per heavy atom. The maximum absolute atomic E-state index is 11.7. The van der Waals surface area contributed by atoms with Crippen LogP contribution < -0.4 is 0 Å². The van der Waals surface area contributed by atoms with E-state index < -0.39 is 0 Å². The van der Waals surface area contributed by atoms with Gasteiger partial charge >= 0.3 is 0 Å². The third-order valence-electron chi connectivity index (χ3n) is 9.37. The second-order valence-electron chi connectivity index (χ2n) is 13.3. The van der Waals surface area contributed by atoms with Crippen LogP contribution in [-0.2, 0) is 43.2 Å². The molecule has 0 atom stereocenters. The van der Waals surface area contributed by atoms with Gasteiger partial charge in [-0.2, -0.15) is 0 Å². The summed E-state index contributed by atoms with van der Waals surface area (Å²) in [5, 5.41) is 13.5. The molecule has 1 radical (unpaired) electrons. The van der Waals surface area contributed by atoms with Crippen LogP contribution in [0.3, 0.4) is 0 Å². The van der Waals surface area contributed by atoms with Crippen LogP contribution >= 0.6 is 11.3 Å². The zero-order chi connectivity index (χ0) is 33.0. The van der Waals surface area contributed by atoms with Gasteiger partial charge in [0.2, 0.25) is 0 Å². The van der Waals surface area contributed by atoms with E-state index in [4.69, 9.17) is 9.97 Å². The second kappa shape index (κ2) is 15.8. The van der Waals surface area contributed by atoms with Crippen molar-refractivity contribution < 1.29 is 30.0 Å². The Bertz CT molecular complexity index is 1880. The van der Waals surface area contributed by atoms with Crippen molar-refractivity contribution in [1.82, 2.24) is 9.97 Å². The molecule has 0 amide bonds. The number of fused-ring (bicyclic) bond motifs is 6. The molecule has 0 fully saturated rings. The molecule has 1 aliphatic rings. The van der Waals surface area contributed by atoms with E-state index in [1.807, 2.05) is 57.5 Å². The summed E-state index contributed by atoms with van der Waals surface area (Å²) in [5.41, 5.74) is 7.40. The molecule has 249 valence electrons. The largest absolute Gasteiger partial charge is 0.512 e. The zero-order valence-corrected chi connectivity index (χ0v) is 32.0. The number of allylic oxidation sites excluding steroid dienone is 2. The number of hydrogen-bond acceptors (Lipinski definition) is 5. The van der Waals surface area contributed by atoms with E-state index in [-0.39, 0.29) is 48.9 Å². The summed E-state index contributed by atoms with van der Waals surface area (Å²) >= 11 is 1.85. The average Bonchev–Trinajstić information content (AvgIpc) is 3.45. The molecule has 1 aliphatic carbocycles. The Labute approximate surface area is 298 Å². The van der Waals surface area contributed by atoms with Crippen LogP contribution in [0.5, 0.6) is 0 Å². The van der Waals surface area contributed by atoms with Gasteiger partial charge in [0.1, 0.15) is 0 Å². The molecule has 0 aliphatic heterocycles. The number of carbonyl (C=O) groups excluding carboxylic acids is 1. The molecule has 47 heavy (non-hydrogen) atoms. The number of benzene rings is 2. The fraction of sp³-hybridized carbons (Fsp3) is 0.390. The van der Waals surface area contributed by atoms with Gasteiger partial charge in [-0.3, -0.25) is 14.8 Å². The minimum Gasteiger partial charge on any atom is -0.512 e. The molecule has 0 saturated heterocycles. The van der Waals surface area contributed by atoms with Crippen molar-refractivity contribution in [2.45, 2.75) is 92.4 Å². The average molecular weight is 824 g/mol. The number of aryl methyl sites for hydroxylation is 2. The summed E-state index contributed by atoms with van der Waals surface area (Å²) in [6.45, 7) is 14.9. The number of rotatable bonds is 8. The first-order valence-corrected chi connectivity index (χ1v) is 17.7. The summed E-state index contributed by atoms with van der Waals surface area (Å²) in [6, 6.07) is 21.0. The van der Waals surface area contributed by atoms with Crippen LogP contribution in [-0.4, -0.2) is 20.9 Å². The normalized spacial score (nSPS) is 12.8. The van der Waals surface area contributed by atoms with Gasteiger partial charge in [0, 0.05) is 60.8 Å². The van der Waals surface area contributed by atoms with E-state index in [1.54, 1.807) is 0 Å². The van der Waals surface area contributed by atoms with E-state index in [0.29, 0.717) is 0 Å². The van der Waals surface area contributed by atoms with Crippen molar-refractivity contribution in [3.05, 3.63) is 95.5 Å². The Morgan fingerprint density at radius 2 is 1.60 bits per heavy atom. The van der Waals surface area contributed by atoms with E-state index >= 15 is 0 Å². The van der Waals surface area contributed by atoms with E-state index in [2.05, 4.69) is 69.3 Å². The summed E-state index contributed by atoms with van der Waals surface area (Å²) in [6.07, 6.45) is 10.8. The molecule has 1 N–H and O–H groups in total. The third-order valence-corrected chi connectivity index (χ3v) is 10.6. The Kier molecular flexibility index (Phi) is 12.3. The topological polar surface area (TPSA) is 63.1 Å². The minimum atomic E-state index is 0. The number of pyridine rings is 2. The molecule has 0 bridgehead atoms. The van der Waals surface area contributed by atoms with Gasteiger partial charge in [0.05, 0.1) is 16.3 Å². The molecule has 5 aromatic rings. The predicted molar refractivity (Wildman–Crippen MR) is 195 cm³/mol. The van der Waals surface area contributed by atoms with Crippen LogP contribution in [0.1, 0.15) is 90.8 Å². The van der Waals surface area contributed by atoms with Crippen LogP contribution in [0.25, 0.3) is 42.7 Å². The number of thiophene rings is 1. The number of aliphatic hydroxyl groups excluding tert-OH is 1. The number of hydrogen-bond donors (Lipinski definition) is 1. The monoisotopic (exact) mass is 824 g/mol. The fourth-order valence-corrected chi connectivity index (χ4v) is 7.88. The van der Waals surface area contributed by atoms with Crippen molar-refractivity contribution >= 4 is 38.0 Å². The Morgan fingerprint density at radius 1 is 0.915 bits per heavy atom. The molecule has 0 unspecified atom stereocenters. The van der Waals surface area contributed by atoms with Gasteiger partial charge < -0.3 is 5.11 Å². The molecule has 0 spiro atoms. The van der Waals surface area contributed by atoms with Crippen LogP contribution in [0, 0.1) is 17.9 Å². The van der Waals surface area contributed by atoms with E-state index in [1.165, 1.54) is 43.1 Å². The number of carbonyl (C=O) groups is 1. The molecule has 2 aromatic carbocycles. The van der Waals surface area contributed by atoms with Crippen molar-refractivity contribution in [2.75, 3.05) is 0 Å². The standard InChI is InChI=1S/C28H23N2S.C13H24O2.Ir/c1-28(2,3)22-16-19(15-18-7-4-5-9-20(18)22)25-24-21-11-10-17-8-6-13-29-26(17)27(21)31-23(24)12-14-30-25;1-5-10(6-2)12(14)9-13(15)11(7-3)8-4;/h4-9,12-14,16H,10-11H2,1-3H3;9-11,14H,5-8H2,1-4H3;/q-1;;/b;12-9-;. The van der Waals surface area contributed by atoms with Gasteiger partial charge in [-0.05, 0) is 72.6 Å². The molecule has 6 heteroatoms. The summed E-state index contributed by atoms with van der Waals surface area (Å²) in [5.74, 6) is 0.547. The van der Waals surface area contributed by atoms with E-state index in [9.17, 15) is 9.90 Å². The van der Waals surface area contributed by atoms with Gasteiger partial charge in [0.15, 0.2) is 5.78 Å². The summed E-state index contributed by atoms with van der Waals surface area (Å²) in [4.78, 5) is 22.7. The first-order valence-electron chi connectivity index (χ1n) is 16.9. The molecule has 6 rings (SSSR count). The second-order valence-corrected chi connectivity index (χ2v) is 14.4. The predicted octanol–water partition coefficient (Wildman–Crippen LogP) is 11.2. The third kappa shape index (κ3) is 7.77. The fourth-order valence-electron chi connectivity index (χ4n) is 6.60. The number of ketones is 1. The van der Waals surface area contributed by atoms with Gasteiger partial charge in [-0.15, -0.1) is 40.5 Å². The first kappa shape index (κ1) is 36.7. The van der Waals surface area contributed by atoms with Crippen molar-refractivity contribution in [1.29, 1.82) is 0 Å². The zero-order valence-electron chi connectivity index (χ0n) is 28.7. The molecule has 3 heterocycles. The van der Waals surface area contributed by atoms with Crippen molar-refractivity contribution in [3.63, 3.8) is 0 Å². The van der Waals surface area contributed by atoms with Gasteiger partial charge in [0.25, 0.3) is 0 Å². The quantitative estimate of drug-likeness (QED) is 0.0962. The smallest absolute Gasteiger partial charge is 0.162 e. The Balaban J connectivity index is 0.000000269. The maximum atomic E-state index is 11.7. The molecule has 3 aromatic heterocycles. The summed E-state index contributed by atoms with van der Waals surface area (Å²) in [7, 11) is 0. The number of aliphatic hydroxyl groups is 1.